The second-order valence-corrected chi connectivity index (χ2v) is 5.76. The summed E-state index contributed by atoms with van der Waals surface area (Å²) in [5, 5.41) is 11.7. The van der Waals surface area contributed by atoms with Gasteiger partial charge in [0.1, 0.15) is 5.82 Å². The first-order valence-electron chi connectivity index (χ1n) is 6.92. The first kappa shape index (κ1) is 15.8. The highest BCUT2D eigenvalue weighted by Crippen LogP contribution is 2.29. The number of carbonyl (C=O) groups excluding carboxylic acids is 1. The Kier molecular flexibility index (Phi) is 5.17. The molecule has 0 aromatic heterocycles. The molecule has 0 spiro atoms. The van der Waals surface area contributed by atoms with Crippen LogP contribution in [0.15, 0.2) is 18.2 Å². The Morgan fingerprint density at radius 2 is 1.86 bits per heavy atom. The van der Waals surface area contributed by atoms with Crippen molar-refractivity contribution in [3.8, 4) is 0 Å². The van der Waals surface area contributed by atoms with Gasteiger partial charge in [0.05, 0.1) is 10.9 Å². The van der Waals surface area contributed by atoms with Crippen LogP contribution in [-0.4, -0.2) is 17.0 Å². The van der Waals surface area contributed by atoms with Gasteiger partial charge in [-0.3, -0.25) is 9.59 Å². The molecule has 1 aliphatic rings. The van der Waals surface area contributed by atoms with Crippen LogP contribution in [0.2, 0.25) is 5.02 Å². The number of halogens is 2. The van der Waals surface area contributed by atoms with E-state index in [4.69, 9.17) is 16.7 Å². The molecule has 21 heavy (non-hydrogen) atoms. The Labute approximate surface area is 127 Å². The maximum absolute atomic E-state index is 13.0. The molecule has 0 saturated heterocycles. The molecule has 1 aromatic carbocycles. The predicted octanol–water partition coefficient (Wildman–Crippen LogP) is 2.99. The monoisotopic (exact) mass is 313 g/mol. The highest BCUT2D eigenvalue weighted by molar-refractivity contribution is 6.30. The van der Waals surface area contributed by atoms with Gasteiger partial charge in [-0.2, -0.15) is 0 Å². The SMILES string of the molecule is O=C(O)C1CCC(C(=O)NCc2ccc(F)c(Cl)c2)CC1. The number of carboxylic acid groups (broad SMARTS) is 1. The Morgan fingerprint density at radius 3 is 2.43 bits per heavy atom. The van der Waals surface area contributed by atoms with Gasteiger partial charge < -0.3 is 10.4 Å². The van der Waals surface area contributed by atoms with Crippen molar-refractivity contribution in [3.05, 3.63) is 34.6 Å². The van der Waals surface area contributed by atoms with Gasteiger partial charge in [-0.15, -0.1) is 0 Å². The number of aliphatic carboxylic acids is 1. The Morgan fingerprint density at radius 1 is 1.24 bits per heavy atom. The summed E-state index contributed by atoms with van der Waals surface area (Å²) >= 11 is 5.68. The largest absolute Gasteiger partial charge is 0.481 e. The van der Waals surface area contributed by atoms with Gasteiger partial charge in [-0.05, 0) is 43.4 Å². The zero-order chi connectivity index (χ0) is 15.4. The topological polar surface area (TPSA) is 66.4 Å². The first-order valence-corrected chi connectivity index (χ1v) is 7.29. The molecule has 0 aliphatic heterocycles. The highest BCUT2D eigenvalue weighted by atomic mass is 35.5. The van der Waals surface area contributed by atoms with E-state index in [0.717, 1.165) is 5.56 Å². The van der Waals surface area contributed by atoms with E-state index in [1.165, 1.54) is 12.1 Å². The van der Waals surface area contributed by atoms with Gasteiger partial charge in [-0.25, -0.2) is 4.39 Å². The molecule has 4 nitrogen and oxygen atoms in total. The summed E-state index contributed by atoms with van der Waals surface area (Å²) in [6.45, 7) is 0.289. The van der Waals surface area contributed by atoms with Crippen molar-refractivity contribution in [1.82, 2.24) is 5.32 Å². The predicted molar refractivity (Wildman–Crippen MR) is 76.3 cm³/mol. The lowest BCUT2D eigenvalue weighted by Crippen LogP contribution is -2.34. The Bertz CT molecular complexity index is 542. The van der Waals surface area contributed by atoms with Gasteiger partial charge in [0, 0.05) is 12.5 Å². The third kappa shape index (κ3) is 4.17. The number of carboxylic acids is 1. The van der Waals surface area contributed by atoms with E-state index in [1.807, 2.05) is 0 Å². The van der Waals surface area contributed by atoms with E-state index in [1.54, 1.807) is 6.07 Å². The fraction of sp³-hybridized carbons (Fsp3) is 0.467. The third-order valence-electron chi connectivity index (χ3n) is 3.90. The number of nitrogens with one attached hydrogen (secondary N) is 1. The summed E-state index contributed by atoms with van der Waals surface area (Å²) in [4.78, 5) is 22.9. The fourth-order valence-corrected chi connectivity index (χ4v) is 2.79. The van der Waals surface area contributed by atoms with Crippen molar-refractivity contribution < 1.29 is 19.1 Å². The number of benzene rings is 1. The first-order chi connectivity index (χ1) is 9.97. The number of amides is 1. The molecule has 0 radical (unpaired) electrons. The van der Waals surface area contributed by atoms with Crippen molar-refractivity contribution in [2.45, 2.75) is 32.2 Å². The van der Waals surface area contributed by atoms with Crippen LogP contribution in [0.4, 0.5) is 4.39 Å². The van der Waals surface area contributed by atoms with Gasteiger partial charge in [0.15, 0.2) is 0 Å². The average molecular weight is 314 g/mol. The molecule has 0 heterocycles. The van der Waals surface area contributed by atoms with E-state index < -0.39 is 11.8 Å². The van der Waals surface area contributed by atoms with Crippen LogP contribution in [0.3, 0.4) is 0 Å². The molecule has 1 aliphatic carbocycles. The zero-order valence-corrected chi connectivity index (χ0v) is 12.2. The summed E-state index contributed by atoms with van der Waals surface area (Å²) in [5.41, 5.74) is 0.731. The van der Waals surface area contributed by atoms with Crippen LogP contribution in [0.5, 0.6) is 0 Å². The molecule has 1 aromatic rings. The van der Waals surface area contributed by atoms with Crippen molar-refractivity contribution in [2.24, 2.45) is 11.8 Å². The minimum absolute atomic E-state index is 0.0312. The molecule has 1 saturated carbocycles. The molecule has 0 atom stereocenters. The summed E-state index contributed by atoms with van der Waals surface area (Å²) in [6.07, 6.45) is 2.26. The maximum Gasteiger partial charge on any atom is 0.306 e. The number of rotatable bonds is 4. The van der Waals surface area contributed by atoms with Crippen molar-refractivity contribution in [2.75, 3.05) is 0 Å². The normalized spacial score (nSPS) is 21.8. The zero-order valence-electron chi connectivity index (χ0n) is 11.4. The summed E-state index contributed by atoms with van der Waals surface area (Å²) in [7, 11) is 0. The van der Waals surface area contributed by atoms with Gasteiger partial charge in [0.2, 0.25) is 5.91 Å². The van der Waals surface area contributed by atoms with E-state index in [9.17, 15) is 14.0 Å². The maximum atomic E-state index is 13.0. The van der Waals surface area contributed by atoms with Crippen LogP contribution in [0.25, 0.3) is 0 Å². The molecule has 1 fully saturated rings. The van der Waals surface area contributed by atoms with E-state index in [0.29, 0.717) is 25.7 Å². The molecular weight excluding hydrogens is 297 g/mol. The molecule has 2 N–H and O–H groups in total. The average Bonchev–Trinajstić information content (AvgIpc) is 2.48. The fourth-order valence-electron chi connectivity index (χ4n) is 2.59. The Balaban J connectivity index is 1.82. The standard InChI is InChI=1S/C15H17ClFNO3/c16-12-7-9(1-6-13(12)17)8-18-14(19)10-2-4-11(5-3-10)15(20)21/h1,6-7,10-11H,2-5,8H2,(H,18,19)(H,20,21). The third-order valence-corrected chi connectivity index (χ3v) is 4.19. The van der Waals surface area contributed by atoms with Crippen molar-refractivity contribution in [3.63, 3.8) is 0 Å². The molecule has 0 unspecified atom stereocenters. The van der Waals surface area contributed by atoms with E-state index in [2.05, 4.69) is 5.32 Å². The lowest BCUT2D eigenvalue weighted by atomic mass is 9.81. The van der Waals surface area contributed by atoms with Crippen molar-refractivity contribution in [1.29, 1.82) is 0 Å². The number of hydrogen-bond donors (Lipinski definition) is 2. The molecule has 2 rings (SSSR count). The molecule has 114 valence electrons. The van der Waals surface area contributed by atoms with Crippen LogP contribution < -0.4 is 5.32 Å². The molecule has 1 amide bonds. The molecule has 6 heteroatoms. The molecule has 0 bridgehead atoms. The quantitative estimate of drug-likeness (QED) is 0.898. The van der Waals surface area contributed by atoms with Gasteiger partial charge >= 0.3 is 5.97 Å². The van der Waals surface area contributed by atoms with E-state index >= 15 is 0 Å². The van der Waals surface area contributed by atoms with Crippen LogP contribution in [0, 0.1) is 17.7 Å². The van der Waals surface area contributed by atoms with Crippen LogP contribution >= 0.6 is 11.6 Å². The minimum Gasteiger partial charge on any atom is -0.481 e. The van der Waals surface area contributed by atoms with Gasteiger partial charge in [-0.1, -0.05) is 17.7 Å². The van der Waals surface area contributed by atoms with Crippen LogP contribution in [-0.2, 0) is 16.1 Å². The number of carbonyl (C=O) groups is 2. The smallest absolute Gasteiger partial charge is 0.306 e. The summed E-state index contributed by atoms with van der Waals surface area (Å²) < 4.78 is 13.0. The lowest BCUT2D eigenvalue weighted by Gasteiger charge is -2.25. The van der Waals surface area contributed by atoms with Crippen molar-refractivity contribution >= 4 is 23.5 Å². The highest BCUT2D eigenvalue weighted by Gasteiger charge is 2.29. The summed E-state index contributed by atoms with van der Waals surface area (Å²) in [6, 6.07) is 4.32. The van der Waals surface area contributed by atoms with Crippen LogP contribution in [0.1, 0.15) is 31.2 Å². The molecular formula is C15H17ClFNO3. The van der Waals surface area contributed by atoms with E-state index in [-0.39, 0.29) is 29.3 Å². The second-order valence-electron chi connectivity index (χ2n) is 5.35. The second kappa shape index (κ2) is 6.89. The summed E-state index contributed by atoms with van der Waals surface area (Å²) in [5.74, 6) is -1.82. The Hall–Kier alpha value is -1.62. The van der Waals surface area contributed by atoms with Gasteiger partial charge in [0.25, 0.3) is 0 Å². The minimum atomic E-state index is -0.783. The lowest BCUT2D eigenvalue weighted by molar-refractivity contribution is -0.144. The number of hydrogen-bond acceptors (Lipinski definition) is 2.